The molecule has 1 fully saturated rings. The molecule has 2 N–H and O–H groups in total. The predicted molar refractivity (Wildman–Crippen MR) is 80.3 cm³/mol. The lowest BCUT2D eigenvalue weighted by molar-refractivity contribution is -0.145. The van der Waals surface area contributed by atoms with Crippen LogP contribution in [0.3, 0.4) is 0 Å². The number of carbonyl (C=O) groups is 2. The lowest BCUT2D eigenvalue weighted by Crippen LogP contribution is -2.46. The molecule has 1 aliphatic carbocycles. The first-order valence-corrected chi connectivity index (χ1v) is 7.46. The van der Waals surface area contributed by atoms with Gasteiger partial charge in [0.05, 0.1) is 5.92 Å². The summed E-state index contributed by atoms with van der Waals surface area (Å²) in [5.41, 5.74) is 1.65. The van der Waals surface area contributed by atoms with Crippen molar-refractivity contribution in [3.8, 4) is 0 Å². The van der Waals surface area contributed by atoms with Crippen LogP contribution in [0.2, 0.25) is 0 Å². The van der Waals surface area contributed by atoms with Gasteiger partial charge < -0.3 is 14.8 Å². The van der Waals surface area contributed by atoms with E-state index >= 15 is 0 Å². The number of rotatable bonds is 3. The zero-order valence-electron chi connectivity index (χ0n) is 11.4. The Morgan fingerprint density at radius 1 is 1.33 bits per heavy atom. The summed E-state index contributed by atoms with van der Waals surface area (Å²) >= 11 is 3.41. The van der Waals surface area contributed by atoms with Gasteiger partial charge in [-0.05, 0) is 43.5 Å². The van der Waals surface area contributed by atoms with E-state index in [1.54, 1.807) is 6.07 Å². The van der Waals surface area contributed by atoms with Crippen molar-refractivity contribution < 1.29 is 19.1 Å². The number of amides is 1. The van der Waals surface area contributed by atoms with Gasteiger partial charge in [-0.25, -0.2) is 0 Å². The second-order valence-electron chi connectivity index (χ2n) is 5.43. The number of fused-ring (bicyclic) bond motifs is 1. The summed E-state index contributed by atoms with van der Waals surface area (Å²) in [6.07, 6.45) is 0.956. The lowest BCUT2D eigenvalue weighted by atomic mass is 9.80. The Balaban J connectivity index is 1.74. The summed E-state index contributed by atoms with van der Waals surface area (Å²) in [4.78, 5) is 22.9. The molecule has 0 saturated heterocycles. The van der Waals surface area contributed by atoms with Gasteiger partial charge in [0.2, 0.25) is 0 Å². The van der Waals surface area contributed by atoms with Gasteiger partial charge >= 0.3 is 5.97 Å². The molecule has 1 amide bonds. The highest BCUT2D eigenvalue weighted by Gasteiger charge is 2.35. The molecule has 1 aromatic carbocycles. The van der Waals surface area contributed by atoms with Crippen molar-refractivity contribution >= 4 is 38.8 Å². The number of benzene rings is 1. The van der Waals surface area contributed by atoms with Crippen molar-refractivity contribution in [1.82, 2.24) is 5.32 Å². The number of carboxylic acid groups (broad SMARTS) is 1. The van der Waals surface area contributed by atoms with Crippen LogP contribution in [0, 0.1) is 12.8 Å². The molecule has 1 saturated carbocycles. The molecule has 0 bridgehead atoms. The maximum absolute atomic E-state index is 12.1. The SMILES string of the molecule is Cc1cc(Br)cc2cc(C(=O)NC3CC(C(=O)O)C3)oc12. The second kappa shape index (κ2) is 5.18. The van der Waals surface area contributed by atoms with Crippen molar-refractivity contribution in [1.29, 1.82) is 0 Å². The summed E-state index contributed by atoms with van der Waals surface area (Å²) in [7, 11) is 0. The molecule has 1 aliphatic rings. The van der Waals surface area contributed by atoms with Crippen molar-refractivity contribution in [2.75, 3.05) is 0 Å². The average molecular weight is 352 g/mol. The highest BCUT2D eigenvalue weighted by molar-refractivity contribution is 9.10. The van der Waals surface area contributed by atoms with E-state index in [9.17, 15) is 9.59 Å². The first-order chi connectivity index (χ1) is 9.94. The molecule has 3 rings (SSSR count). The summed E-state index contributed by atoms with van der Waals surface area (Å²) in [6, 6.07) is 5.44. The number of aryl methyl sites for hydroxylation is 1. The quantitative estimate of drug-likeness (QED) is 0.890. The molecule has 1 aromatic heterocycles. The molecule has 0 atom stereocenters. The molecular weight excluding hydrogens is 338 g/mol. The van der Waals surface area contributed by atoms with Crippen LogP contribution in [-0.4, -0.2) is 23.0 Å². The van der Waals surface area contributed by atoms with Crippen molar-refractivity contribution in [3.63, 3.8) is 0 Å². The van der Waals surface area contributed by atoms with Gasteiger partial charge in [0.25, 0.3) is 5.91 Å². The zero-order valence-corrected chi connectivity index (χ0v) is 12.9. The van der Waals surface area contributed by atoms with Gasteiger partial charge in [-0.3, -0.25) is 9.59 Å². The van der Waals surface area contributed by atoms with Gasteiger partial charge in [0.1, 0.15) is 5.58 Å². The van der Waals surface area contributed by atoms with E-state index in [1.807, 2.05) is 19.1 Å². The fourth-order valence-corrected chi connectivity index (χ4v) is 3.18. The molecule has 0 unspecified atom stereocenters. The molecule has 1 heterocycles. The topological polar surface area (TPSA) is 79.5 Å². The van der Waals surface area contributed by atoms with Gasteiger partial charge in [0, 0.05) is 15.9 Å². The van der Waals surface area contributed by atoms with E-state index in [2.05, 4.69) is 21.2 Å². The van der Waals surface area contributed by atoms with Crippen LogP contribution in [0.15, 0.2) is 27.1 Å². The molecular formula is C15H14BrNO4. The standard InChI is InChI=1S/C15H14BrNO4/c1-7-2-10(16)3-8-6-12(21-13(7)8)14(18)17-11-4-9(5-11)15(19)20/h2-3,6,9,11H,4-5H2,1H3,(H,17,18)(H,19,20). The third kappa shape index (κ3) is 2.68. The van der Waals surface area contributed by atoms with E-state index in [0.29, 0.717) is 18.4 Å². The van der Waals surface area contributed by atoms with E-state index in [0.717, 1.165) is 15.4 Å². The van der Waals surface area contributed by atoms with E-state index in [1.165, 1.54) is 0 Å². The van der Waals surface area contributed by atoms with Gasteiger partial charge in [-0.2, -0.15) is 0 Å². The Morgan fingerprint density at radius 2 is 2.05 bits per heavy atom. The van der Waals surface area contributed by atoms with Crippen molar-refractivity contribution in [2.24, 2.45) is 5.92 Å². The predicted octanol–water partition coefficient (Wildman–Crippen LogP) is 3.10. The molecule has 0 spiro atoms. The summed E-state index contributed by atoms with van der Waals surface area (Å²) in [5.74, 6) is -1.19. The van der Waals surface area contributed by atoms with Crippen LogP contribution in [0.5, 0.6) is 0 Å². The molecule has 110 valence electrons. The van der Waals surface area contributed by atoms with E-state index < -0.39 is 5.97 Å². The van der Waals surface area contributed by atoms with Gasteiger partial charge in [-0.15, -0.1) is 0 Å². The Labute approximate surface area is 129 Å². The molecule has 2 aromatic rings. The largest absolute Gasteiger partial charge is 0.481 e. The fourth-order valence-electron chi connectivity index (χ4n) is 2.59. The van der Waals surface area contributed by atoms with Crippen molar-refractivity contribution in [3.05, 3.63) is 34.0 Å². The number of furan rings is 1. The van der Waals surface area contributed by atoms with Crippen LogP contribution in [0.25, 0.3) is 11.0 Å². The molecule has 5 nitrogen and oxygen atoms in total. The number of carbonyl (C=O) groups excluding carboxylic acids is 1. The number of halogens is 1. The second-order valence-corrected chi connectivity index (χ2v) is 6.34. The minimum Gasteiger partial charge on any atom is -0.481 e. The number of hydrogen-bond donors (Lipinski definition) is 2. The smallest absolute Gasteiger partial charge is 0.306 e. The summed E-state index contributed by atoms with van der Waals surface area (Å²) < 4.78 is 6.54. The Kier molecular flexibility index (Phi) is 3.49. The number of carboxylic acids is 1. The van der Waals surface area contributed by atoms with Gasteiger partial charge in [-0.1, -0.05) is 15.9 Å². The normalized spacial score (nSPS) is 21.0. The first-order valence-electron chi connectivity index (χ1n) is 6.67. The zero-order chi connectivity index (χ0) is 15.1. The van der Waals surface area contributed by atoms with Crippen LogP contribution in [0.4, 0.5) is 0 Å². The molecule has 0 radical (unpaired) electrons. The maximum Gasteiger partial charge on any atom is 0.306 e. The van der Waals surface area contributed by atoms with Crippen molar-refractivity contribution in [2.45, 2.75) is 25.8 Å². The molecule has 21 heavy (non-hydrogen) atoms. The monoisotopic (exact) mass is 351 g/mol. The highest BCUT2D eigenvalue weighted by atomic mass is 79.9. The minimum atomic E-state index is -0.801. The fraction of sp³-hybridized carbons (Fsp3) is 0.333. The van der Waals surface area contributed by atoms with E-state index in [-0.39, 0.29) is 23.6 Å². The average Bonchev–Trinajstić information content (AvgIpc) is 2.76. The van der Waals surface area contributed by atoms with E-state index in [4.69, 9.17) is 9.52 Å². The maximum atomic E-state index is 12.1. The lowest BCUT2D eigenvalue weighted by Gasteiger charge is -2.32. The van der Waals surface area contributed by atoms with Crippen LogP contribution >= 0.6 is 15.9 Å². The number of nitrogens with one attached hydrogen (secondary N) is 1. The van der Waals surface area contributed by atoms with Crippen LogP contribution in [-0.2, 0) is 4.79 Å². The van der Waals surface area contributed by atoms with Crippen LogP contribution in [0.1, 0.15) is 29.0 Å². The molecule has 6 heteroatoms. The third-order valence-corrected chi connectivity index (χ3v) is 4.27. The minimum absolute atomic E-state index is 0.0837. The van der Waals surface area contributed by atoms with Gasteiger partial charge in [0.15, 0.2) is 5.76 Å². The van der Waals surface area contributed by atoms with Crippen LogP contribution < -0.4 is 5.32 Å². The Bertz CT molecular complexity index is 731. The number of aliphatic carboxylic acids is 1. The number of hydrogen-bond acceptors (Lipinski definition) is 3. The first kappa shape index (κ1) is 14.1. The Morgan fingerprint density at radius 3 is 2.71 bits per heavy atom. The summed E-state index contributed by atoms with van der Waals surface area (Å²) in [5, 5.41) is 12.5. The Hall–Kier alpha value is -1.82. The molecule has 0 aliphatic heterocycles. The highest BCUT2D eigenvalue weighted by Crippen LogP contribution is 2.29. The third-order valence-electron chi connectivity index (χ3n) is 3.81. The summed E-state index contributed by atoms with van der Waals surface area (Å²) in [6.45, 7) is 1.92.